The molecule has 4 aliphatic carbocycles. The lowest BCUT2D eigenvalue weighted by Crippen LogP contribution is -2.54. The first-order valence-corrected chi connectivity index (χ1v) is 12.4. The van der Waals surface area contributed by atoms with Crippen LogP contribution in [0.2, 0.25) is 0 Å². The molecule has 5 rings (SSSR count). The Morgan fingerprint density at radius 2 is 1.87 bits per heavy atom. The Bertz CT molecular complexity index is 844. The Morgan fingerprint density at radius 1 is 1.10 bits per heavy atom. The van der Waals surface area contributed by atoms with Gasteiger partial charge in [0.2, 0.25) is 0 Å². The van der Waals surface area contributed by atoms with Crippen molar-refractivity contribution in [3.63, 3.8) is 0 Å². The predicted molar refractivity (Wildman–Crippen MR) is 120 cm³/mol. The van der Waals surface area contributed by atoms with Gasteiger partial charge in [-0.3, -0.25) is 4.68 Å². The van der Waals surface area contributed by atoms with E-state index in [9.17, 15) is 10.2 Å². The lowest BCUT2D eigenvalue weighted by atomic mass is 9.45. The van der Waals surface area contributed by atoms with E-state index in [0.29, 0.717) is 17.3 Å². The van der Waals surface area contributed by atoms with Gasteiger partial charge in [-0.1, -0.05) is 13.8 Å². The van der Waals surface area contributed by atoms with Gasteiger partial charge < -0.3 is 10.2 Å². The first-order chi connectivity index (χ1) is 14.3. The molecule has 2 N–H and O–H groups in total. The summed E-state index contributed by atoms with van der Waals surface area (Å²) < 4.78 is 1.99. The molecule has 1 aromatic rings. The molecule has 1 heterocycles. The van der Waals surface area contributed by atoms with E-state index in [2.05, 4.69) is 45.1 Å². The number of fused-ring (bicyclic) bond motifs is 5. The average Bonchev–Trinajstić information content (AvgIpc) is 3.20. The van der Waals surface area contributed by atoms with Crippen molar-refractivity contribution in [2.45, 2.75) is 97.8 Å². The fourth-order valence-electron chi connectivity index (χ4n) is 8.27. The highest BCUT2D eigenvalue weighted by molar-refractivity contribution is 5.56. The van der Waals surface area contributed by atoms with Crippen molar-refractivity contribution in [3.8, 4) is 0 Å². The van der Waals surface area contributed by atoms with Gasteiger partial charge in [-0.2, -0.15) is 5.10 Å². The maximum atomic E-state index is 11.5. The zero-order valence-corrected chi connectivity index (χ0v) is 19.3. The zero-order chi connectivity index (χ0) is 21.3. The number of hydrogen-bond donors (Lipinski definition) is 2. The van der Waals surface area contributed by atoms with Gasteiger partial charge in [-0.05, 0) is 106 Å². The average molecular weight is 413 g/mol. The second-order valence-corrected chi connectivity index (χ2v) is 11.5. The van der Waals surface area contributed by atoms with Crippen molar-refractivity contribution in [2.75, 3.05) is 0 Å². The number of aliphatic hydroxyl groups excluding tert-OH is 2. The molecule has 0 radical (unpaired) electrons. The molecule has 1 aromatic heterocycles. The molecule has 30 heavy (non-hydrogen) atoms. The summed E-state index contributed by atoms with van der Waals surface area (Å²) in [6.07, 6.45) is 13.1. The lowest BCUT2D eigenvalue weighted by Gasteiger charge is -2.60. The summed E-state index contributed by atoms with van der Waals surface area (Å²) in [6.45, 7) is 9.97. The van der Waals surface area contributed by atoms with Crippen LogP contribution in [0.3, 0.4) is 0 Å². The number of aliphatic hydroxyl groups is 2. The van der Waals surface area contributed by atoms with E-state index in [4.69, 9.17) is 0 Å². The van der Waals surface area contributed by atoms with Crippen molar-refractivity contribution in [2.24, 2.45) is 34.5 Å². The Kier molecular flexibility index (Phi) is 4.98. The number of aryl methyl sites for hydroxylation is 2. The van der Waals surface area contributed by atoms with Crippen molar-refractivity contribution >= 4 is 6.08 Å². The van der Waals surface area contributed by atoms with E-state index >= 15 is 0 Å². The largest absolute Gasteiger partial charge is 0.393 e. The van der Waals surface area contributed by atoms with Crippen molar-refractivity contribution in [1.29, 1.82) is 0 Å². The highest BCUT2D eigenvalue weighted by atomic mass is 16.3. The molecule has 4 saturated carbocycles. The molecular weight excluding hydrogens is 372 g/mol. The van der Waals surface area contributed by atoms with Gasteiger partial charge in [0.15, 0.2) is 0 Å². The fourth-order valence-corrected chi connectivity index (χ4v) is 8.27. The van der Waals surface area contributed by atoms with Gasteiger partial charge in [-0.15, -0.1) is 0 Å². The summed E-state index contributed by atoms with van der Waals surface area (Å²) in [4.78, 5) is 0. The Labute approximate surface area is 181 Å². The van der Waals surface area contributed by atoms with E-state index in [1.165, 1.54) is 36.8 Å². The second kappa shape index (κ2) is 7.20. The van der Waals surface area contributed by atoms with Gasteiger partial charge in [0.05, 0.1) is 17.9 Å². The van der Waals surface area contributed by atoms with Crippen molar-refractivity contribution in [1.82, 2.24) is 9.78 Å². The van der Waals surface area contributed by atoms with Crippen LogP contribution < -0.4 is 0 Å². The van der Waals surface area contributed by atoms with Gasteiger partial charge in [0.1, 0.15) is 0 Å². The molecule has 8 atom stereocenters. The molecule has 0 amide bonds. The normalized spacial score (nSPS) is 47.1. The first kappa shape index (κ1) is 20.8. The van der Waals surface area contributed by atoms with Crippen LogP contribution in [-0.2, 0) is 6.54 Å². The fraction of sp³-hybridized carbons (Fsp3) is 0.808. The summed E-state index contributed by atoms with van der Waals surface area (Å²) in [5, 5.41) is 26.3. The number of hydrogen-bond acceptors (Lipinski definition) is 3. The summed E-state index contributed by atoms with van der Waals surface area (Å²) in [5.41, 5.74) is 3.86. The number of nitrogens with zero attached hydrogens (tertiary/aromatic N) is 2. The van der Waals surface area contributed by atoms with Crippen LogP contribution in [0.5, 0.6) is 0 Å². The zero-order valence-electron chi connectivity index (χ0n) is 19.3. The van der Waals surface area contributed by atoms with Crippen LogP contribution in [0.25, 0.3) is 6.08 Å². The summed E-state index contributed by atoms with van der Waals surface area (Å²) >= 11 is 0. The molecule has 0 aliphatic heterocycles. The highest BCUT2D eigenvalue weighted by Crippen LogP contribution is 2.67. The molecule has 4 aliphatic rings. The number of aromatic nitrogens is 2. The maximum Gasteiger partial charge on any atom is 0.0809 e. The molecule has 0 aromatic carbocycles. The third-order valence-electron chi connectivity index (χ3n) is 10.2. The third kappa shape index (κ3) is 2.97. The van der Waals surface area contributed by atoms with Crippen LogP contribution in [0.15, 0.2) is 11.8 Å². The minimum atomic E-state index is -0.327. The van der Waals surface area contributed by atoms with E-state index in [1.807, 2.05) is 4.68 Å². The minimum Gasteiger partial charge on any atom is -0.393 e. The van der Waals surface area contributed by atoms with Crippen LogP contribution in [0.4, 0.5) is 0 Å². The molecule has 8 unspecified atom stereocenters. The summed E-state index contributed by atoms with van der Waals surface area (Å²) in [5.74, 6) is 2.76. The second-order valence-electron chi connectivity index (χ2n) is 11.5. The smallest absolute Gasteiger partial charge is 0.0809 e. The molecule has 4 heteroatoms. The van der Waals surface area contributed by atoms with Crippen LogP contribution in [0.1, 0.15) is 83.4 Å². The lowest BCUT2D eigenvalue weighted by molar-refractivity contribution is -0.133. The van der Waals surface area contributed by atoms with Crippen LogP contribution >= 0.6 is 0 Å². The van der Waals surface area contributed by atoms with Gasteiger partial charge in [-0.25, -0.2) is 0 Å². The van der Waals surface area contributed by atoms with Gasteiger partial charge in [0, 0.05) is 23.7 Å². The highest BCUT2D eigenvalue weighted by Gasteiger charge is 2.61. The van der Waals surface area contributed by atoms with E-state index < -0.39 is 0 Å². The molecule has 0 spiro atoms. The van der Waals surface area contributed by atoms with Crippen LogP contribution in [0, 0.1) is 41.4 Å². The molecule has 0 saturated heterocycles. The summed E-state index contributed by atoms with van der Waals surface area (Å²) in [6, 6.07) is 0. The topological polar surface area (TPSA) is 58.3 Å². The van der Waals surface area contributed by atoms with Gasteiger partial charge >= 0.3 is 0 Å². The Morgan fingerprint density at radius 3 is 2.60 bits per heavy atom. The molecule has 166 valence electrons. The minimum absolute atomic E-state index is 0.0129. The molecule has 4 fully saturated rings. The third-order valence-corrected chi connectivity index (χ3v) is 10.2. The van der Waals surface area contributed by atoms with Crippen molar-refractivity contribution in [3.05, 3.63) is 23.0 Å². The monoisotopic (exact) mass is 412 g/mol. The molecular formula is C26H40N2O2. The maximum absolute atomic E-state index is 11.5. The Hall–Kier alpha value is -1.13. The number of rotatable bonds is 2. The SMILES string of the molecule is CCn1cc(C=C2CC3C4CCC5CC(O)CCC5(C)C4CCC3(C)C2O)c(C)n1. The van der Waals surface area contributed by atoms with Crippen LogP contribution in [-0.4, -0.2) is 32.2 Å². The van der Waals surface area contributed by atoms with E-state index in [1.54, 1.807) is 0 Å². The van der Waals surface area contributed by atoms with E-state index in [0.717, 1.165) is 49.8 Å². The molecule has 4 nitrogen and oxygen atoms in total. The Balaban J connectivity index is 1.44. The predicted octanol–water partition coefficient (Wildman–Crippen LogP) is 4.97. The standard InChI is InChI=1S/C26H40N2O2/c1-5-28-15-18(16(2)27-28)12-17-13-23-21-7-6-19-14-20(29)8-10-25(19,3)22(21)9-11-26(23,4)24(17)30/h12,15,19-24,29-30H,5-11,13-14H2,1-4H3. The molecule has 0 bridgehead atoms. The summed E-state index contributed by atoms with van der Waals surface area (Å²) in [7, 11) is 0. The van der Waals surface area contributed by atoms with Crippen molar-refractivity contribution < 1.29 is 10.2 Å². The van der Waals surface area contributed by atoms with Gasteiger partial charge in [0.25, 0.3) is 0 Å². The first-order valence-electron chi connectivity index (χ1n) is 12.4. The van der Waals surface area contributed by atoms with E-state index in [-0.39, 0.29) is 17.6 Å². The quantitative estimate of drug-likeness (QED) is 0.721.